The van der Waals surface area contributed by atoms with Crippen LogP contribution in [-0.4, -0.2) is 12.3 Å². The van der Waals surface area contributed by atoms with Gasteiger partial charge in [0.25, 0.3) is 0 Å². The van der Waals surface area contributed by atoms with E-state index in [0.717, 1.165) is 6.32 Å². The number of hydrogen-bond acceptors (Lipinski definition) is 3. The molecule has 0 aromatic carbocycles. The van der Waals surface area contributed by atoms with Crippen LogP contribution < -0.4 is 0 Å². The van der Waals surface area contributed by atoms with Crippen LogP contribution >= 0.6 is 0 Å². The molecular weight excluding hydrogens is 80.8 g/mol. The molecule has 34 valence electrons. The number of nitrogens with zero attached hydrogens (tertiary/aromatic N) is 1. The Bertz CT molecular complexity index is 40.8. The van der Waals surface area contributed by atoms with Gasteiger partial charge in [0, 0.05) is 0 Å². The van der Waals surface area contributed by atoms with E-state index in [4.69, 9.17) is 5.26 Å². The van der Waals surface area contributed by atoms with Gasteiger partial charge in [-0.25, -0.2) is 0 Å². The van der Waals surface area contributed by atoms with Crippen molar-refractivity contribution in [1.29, 1.82) is 0 Å². The number of rotatable bonds is 2. The third-order valence-corrected chi connectivity index (χ3v) is 0.304. The predicted octanol–water partition coefficient (Wildman–Crippen LogP) is 0.717. The summed E-state index contributed by atoms with van der Waals surface area (Å²) in [5.74, 6) is 0. The van der Waals surface area contributed by atoms with E-state index >= 15 is 0 Å². The van der Waals surface area contributed by atoms with Crippen LogP contribution in [0.2, 0.25) is 6.32 Å². The summed E-state index contributed by atoms with van der Waals surface area (Å²) in [4.78, 5) is 3.35. The Hall–Kier alpha value is -0.375. The molecule has 0 saturated heterocycles. The molecule has 0 atom stereocenters. The molecule has 0 rings (SSSR count). The van der Waals surface area contributed by atoms with E-state index in [1.807, 2.05) is 6.92 Å². The van der Waals surface area contributed by atoms with Gasteiger partial charge in [0.1, 0.15) is 0 Å². The molecule has 0 fully saturated rings. The van der Waals surface area contributed by atoms with Crippen molar-refractivity contribution in [2.75, 3.05) is 0 Å². The third-order valence-electron chi connectivity index (χ3n) is 0.304. The monoisotopic (exact) mass is 87.0 g/mol. The quantitative estimate of drug-likeness (QED) is 0.306. The Kier molecular flexibility index (Phi) is 4.34. The van der Waals surface area contributed by atoms with Gasteiger partial charge in [0.15, 0.2) is 0 Å². The third kappa shape index (κ3) is 3.62. The fraction of sp³-hybridized carbons (Fsp3) is 1.00. The van der Waals surface area contributed by atoms with Crippen LogP contribution in [-0.2, 0) is 4.99 Å². The summed E-state index contributed by atoms with van der Waals surface area (Å²) in [6, 6.07) is 0. The molecule has 1 N–H and O–H groups in total. The fourth-order valence-electron chi connectivity index (χ4n) is 0.108. The Morgan fingerprint density at radius 3 is 2.83 bits per heavy atom. The van der Waals surface area contributed by atoms with Crippen molar-refractivity contribution < 1.29 is 10.2 Å². The van der Waals surface area contributed by atoms with Crippen molar-refractivity contribution >= 4 is 7.07 Å². The van der Waals surface area contributed by atoms with Crippen LogP contribution in [0, 0.1) is 0 Å². The standard InChI is InChI=1S/C2H6BNO2/c1-2-3-4-6-5/h5H,2H2,1H3. The molecule has 0 saturated carbocycles. The molecule has 0 bridgehead atoms. The van der Waals surface area contributed by atoms with Crippen molar-refractivity contribution in [3.8, 4) is 0 Å². The first-order valence-electron chi connectivity index (χ1n) is 1.74. The minimum absolute atomic E-state index is 0.778. The maximum absolute atomic E-state index is 7.50. The van der Waals surface area contributed by atoms with E-state index in [-0.39, 0.29) is 0 Å². The van der Waals surface area contributed by atoms with E-state index in [2.05, 4.69) is 10.0 Å². The van der Waals surface area contributed by atoms with Crippen LogP contribution in [0.3, 0.4) is 0 Å². The van der Waals surface area contributed by atoms with Gasteiger partial charge in [-0.2, -0.15) is 0 Å². The van der Waals surface area contributed by atoms with Crippen LogP contribution in [0.5, 0.6) is 0 Å². The maximum atomic E-state index is 7.50. The summed E-state index contributed by atoms with van der Waals surface area (Å²) < 4.78 is 0. The van der Waals surface area contributed by atoms with Crippen molar-refractivity contribution in [2.24, 2.45) is 5.06 Å². The molecule has 0 radical (unpaired) electrons. The molecular formula is C2H6BNO2. The molecule has 6 heavy (non-hydrogen) atoms. The summed E-state index contributed by atoms with van der Waals surface area (Å²) in [6.45, 7) is 1.89. The molecule has 0 aliphatic rings. The van der Waals surface area contributed by atoms with E-state index < -0.39 is 0 Å². The van der Waals surface area contributed by atoms with Crippen LogP contribution in [0.15, 0.2) is 5.06 Å². The summed E-state index contributed by atoms with van der Waals surface area (Å²) in [5, 5.41) is 10.5. The summed E-state index contributed by atoms with van der Waals surface area (Å²) in [7, 11) is 1.46. The van der Waals surface area contributed by atoms with Gasteiger partial charge in [-0.15, -0.1) is 0 Å². The van der Waals surface area contributed by atoms with Crippen molar-refractivity contribution in [1.82, 2.24) is 0 Å². The SMILES string of the molecule is CCB=NOO. The molecule has 0 aromatic rings. The molecule has 0 spiro atoms. The first-order chi connectivity index (χ1) is 2.91. The van der Waals surface area contributed by atoms with Gasteiger partial charge in [0.2, 0.25) is 0 Å². The fourth-order valence-corrected chi connectivity index (χ4v) is 0.108. The minimum atomic E-state index is 0.778. The van der Waals surface area contributed by atoms with E-state index in [1.165, 1.54) is 7.07 Å². The molecule has 0 heterocycles. The van der Waals surface area contributed by atoms with Gasteiger partial charge >= 0.3 is 35.6 Å². The van der Waals surface area contributed by atoms with Crippen LogP contribution in [0.1, 0.15) is 6.92 Å². The average Bonchev–Trinajstić information content (AvgIpc) is 1.61. The predicted molar refractivity (Wildman–Crippen MR) is 22.4 cm³/mol. The van der Waals surface area contributed by atoms with Gasteiger partial charge in [-0.05, 0) is 0 Å². The van der Waals surface area contributed by atoms with E-state index in [0.29, 0.717) is 0 Å². The summed E-state index contributed by atoms with van der Waals surface area (Å²) >= 11 is 0. The molecule has 0 aliphatic carbocycles. The van der Waals surface area contributed by atoms with Gasteiger partial charge in [-0.3, -0.25) is 0 Å². The summed E-state index contributed by atoms with van der Waals surface area (Å²) in [5.41, 5.74) is 0. The van der Waals surface area contributed by atoms with Crippen molar-refractivity contribution in [2.45, 2.75) is 13.2 Å². The first-order valence-corrected chi connectivity index (χ1v) is 1.74. The second-order valence-corrected chi connectivity index (χ2v) is 0.778. The zero-order valence-corrected chi connectivity index (χ0v) is 3.59. The molecule has 0 aliphatic heterocycles. The average molecular weight is 86.9 g/mol. The second kappa shape index (κ2) is 4.62. The van der Waals surface area contributed by atoms with Gasteiger partial charge in [0.05, 0.1) is 0 Å². The Morgan fingerprint density at radius 2 is 2.67 bits per heavy atom. The van der Waals surface area contributed by atoms with Crippen LogP contribution in [0.25, 0.3) is 0 Å². The topological polar surface area (TPSA) is 41.8 Å². The Labute approximate surface area is 36.8 Å². The van der Waals surface area contributed by atoms with E-state index in [1.54, 1.807) is 0 Å². The van der Waals surface area contributed by atoms with Gasteiger partial charge in [-0.1, -0.05) is 0 Å². The molecule has 3 nitrogen and oxygen atoms in total. The Morgan fingerprint density at radius 1 is 2.00 bits per heavy atom. The second-order valence-electron chi connectivity index (χ2n) is 0.778. The molecule has 4 heteroatoms. The first kappa shape index (κ1) is 5.62. The number of hydrogen-bond donors (Lipinski definition) is 1. The van der Waals surface area contributed by atoms with Gasteiger partial charge < -0.3 is 0 Å². The molecule has 0 amide bonds. The zero-order valence-electron chi connectivity index (χ0n) is 3.59. The molecule has 0 unspecified atom stereocenters. The normalized spacial score (nSPS) is 8.33. The van der Waals surface area contributed by atoms with E-state index in [9.17, 15) is 0 Å². The van der Waals surface area contributed by atoms with Crippen molar-refractivity contribution in [3.63, 3.8) is 0 Å². The van der Waals surface area contributed by atoms with Crippen LogP contribution in [0.4, 0.5) is 0 Å². The zero-order chi connectivity index (χ0) is 4.83. The Balaban J connectivity index is 2.73. The van der Waals surface area contributed by atoms with Crippen molar-refractivity contribution in [3.05, 3.63) is 0 Å². The molecule has 0 aromatic heterocycles. The summed E-state index contributed by atoms with van der Waals surface area (Å²) in [6.07, 6.45) is 0.778.